The number of benzene rings is 1. The van der Waals surface area contributed by atoms with Gasteiger partial charge in [-0.1, -0.05) is 49.1 Å². The van der Waals surface area contributed by atoms with Crippen molar-refractivity contribution in [2.75, 3.05) is 13.7 Å². The van der Waals surface area contributed by atoms with E-state index in [4.69, 9.17) is 9.73 Å². The van der Waals surface area contributed by atoms with E-state index in [1.807, 2.05) is 62.4 Å². The van der Waals surface area contributed by atoms with Crippen molar-refractivity contribution in [3.05, 3.63) is 77.7 Å². The molecule has 0 N–H and O–H groups in total. The molecule has 1 heterocycles. The summed E-state index contributed by atoms with van der Waals surface area (Å²) in [6, 6.07) is 8.14. The van der Waals surface area contributed by atoms with E-state index in [2.05, 4.69) is 11.6 Å². The van der Waals surface area contributed by atoms with Crippen LogP contribution in [0.25, 0.3) is 5.57 Å². The molecule has 0 saturated carbocycles. The lowest BCUT2D eigenvalue weighted by Crippen LogP contribution is -2.16. The van der Waals surface area contributed by atoms with Crippen molar-refractivity contribution >= 4 is 17.5 Å². The van der Waals surface area contributed by atoms with Crippen LogP contribution in [0.3, 0.4) is 0 Å². The summed E-state index contributed by atoms with van der Waals surface area (Å²) in [5.74, 6) is 0.804. The number of hydrogen-bond donors (Lipinski definition) is 0. The predicted molar refractivity (Wildman–Crippen MR) is 99.0 cm³/mol. The van der Waals surface area contributed by atoms with Crippen molar-refractivity contribution in [2.45, 2.75) is 13.8 Å². The SMILES string of the molecule is C=C(C=NC)c1ccc(C2=NC(=C/C)/C(=C\C=C/C)OC2)cc1. The Balaban J connectivity index is 2.26. The fourth-order valence-corrected chi connectivity index (χ4v) is 2.23. The molecule has 1 aromatic rings. The van der Waals surface area contributed by atoms with Crippen LogP contribution in [0.5, 0.6) is 0 Å². The Hall–Kier alpha value is -2.68. The van der Waals surface area contributed by atoms with E-state index in [1.165, 1.54) is 0 Å². The lowest BCUT2D eigenvalue weighted by Gasteiger charge is -2.19. The van der Waals surface area contributed by atoms with Crippen LogP contribution in [0.1, 0.15) is 25.0 Å². The maximum absolute atomic E-state index is 5.84. The van der Waals surface area contributed by atoms with E-state index < -0.39 is 0 Å². The van der Waals surface area contributed by atoms with Gasteiger partial charge < -0.3 is 4.74 Å². The highest BCUT2D eigenvalue weighted by atomic mass is 16.5. The minimum absolute atomic E-state index is 0.470. The molecule has 1 aromatic carbocycles. The second-order valence-electron chi connectivity index (χ2n) is 5.07. The maximum atomic E-state index is 5.84. The van der Waals surface area contributed by atoms with Crippen LogP contribution in [-0.2, 0) is 4.74 Å². The first kappa shape index (κ1) is 16.7. The van der Waals surface area contributed by atoms with E-state index in [0.29, 0.717) is 6.61 Å². The first-order valence-corrected chi connectivity index (χ1v) is 7.61. The Kier molecular flexibility index (Phi) is 5.87. The highest BCUT2D eigenvalue weighted by Gasteiger charge is 2.16. The Morgan fingerprint density at radius 1 is 1.26 bits per heavy atom. The number of aliphatic imine (C=N–C) groups is 2. The van der Waals surface area contributed by atoms with Gasteiger partial charge in [0.2, 0.25) is 0 Å². The van der Waals surface area contributed by atoms with Crippen LogP contribution in [0.4, 0.5) is 0 Å². The molecule has 0 bridgehead atoms. The molecule has 0 unspecified atom stereocenters. The van der Waals surface area contributed by atoms with Crippen LogP contribution in [0.2, 0.25) is 0 Å². The minimum atomic E-state index is 0.470. The van der Waals surface area contributed by atoms with Gasteiger partial charge in [0.1, 0.15) is 18.1 Å². The molecule has 0 aromatic heterocycles. The monoisotopic (exact) mass is 306 g/mol. The molecular weight excluding hydrogens is 284 g/mol. The second kappa shape index (κ2) is 8.08. The van der Waals surface area contributed by atoms with Crippen molar-refractivity contribution in [1.82, 2.24) is 0 Å². The average molecular weight is 306 g/mol. The Morgan fingerprint density at radius 3 is 2.61 bits per heavy atom. The number of allylic oxidation sites excluding steroid dienone is 5. The molecule has 0 radical (unpaired) electrons. The van der Waals surface area contributed by atoms with Gasteiger partial charge >= 0.3 is 0 Å². The largest absolute Gasteiger partial charge is 0.485 e. The number of nitrogens with zero attached hydrogens (tertiary/aromatic N) is 2. The van der Waals surface area contributed by atoms with Gasteiger partial charge in [0.25, 0.3) is 0 Å². The lowest BCUT2D eigenvalue weighted by molar-refractivity contribution is 0.260. The summed E-state index contributed by atoms with van der Waals surface area (Å²) in [5, 5.41) is 0. The fraction of sp³-hybridized carbons (Fsp3) is 0.200. The number of rotatable bonds is 4. The van der Waals surface area contributed by atoms with Crippen molar-refractivity contribution in [1.29, 1.82) is 0 Å². The molecule has 0 fully saturated rings. The first-order chi connectivity index (χ1) is 11.2. The average Bonchev–Trinajstić information content (AvgIpc) is 2.60. The summed E-state index contributed by atoms with van der Waals surface area (Å²) in [5.41, 5.74) is 4.79. The second-order valence-corrected chi connectivity index (χ2v) is 5.07. The highest BCUT2D eigenvalue weighted by molar-refractivity contribution is 6.09. The van der Waals surface area contributed by atoms with Gasteiger partial charge in [-0.3, -0.25) is 4.99 Å². The van der Waals surface area contributed by atoms with E-state index in [9.17, 15) is 0 Å². The summed E-state index contributed by atoms with van der Waals surface area (Å²) in [6.07, 6.45) is 9.57. The molecule has 1 aliphatic heterocycles. The third kappa shape index (κ3) is 4.16. The zero-order valence-corrected chi connectivity index (χ0v) is 13.9. The lowest BCUT2D eigenvalue weighted by atomic mass is 10.0. The molecule has 0 aliphatic carbocycles. The Labute approximate surface area is 138 Å². The third-order valence-corrected chi connectivity index (χ3v) is 3.46. The summed E-state index contributed by atoms with van der Waals surface area (Å²) >= 11 is 0. The van der Waals surface area contributed by atoms with Crippen LogP contribution in [0.15, 0.2) is 76.6 Å². The number of ether oxygens (including phenoxy) is 1. The quantitative estimate of drug-likeness (QED) is 0.749. The summed E-state index contributed by atoms with van der Waals surface area (Å²) in [6.45, 7) is 8.40. The van der Waals surface area contributed by atoms with Gasteiger partial charge in [0, 0.05) is 13.3 Å². The standard InChI is InChI=1S/C20H22N2O/c1-5-7-8-20-18(6-2)22-19(14-23-20)17-11-9-16(10-12-17)15(3)13-21-4/h5-13H,3,14H2,1-2,4H3/b7-5-,18-6+,20-8+,21-13?. The highest BCUT2D eigenvalue weighted by Crippen LogP contribution is 2.22. The maximum Gasteiger partial charge on any atom is 0.145 e. The van der Waals surface area contributed by atoms with Crippen molar-refractivity contribution in [3.63, 3.8) is 0 Å². The smallest absolute Gasteiger partial charge is 0.145 e. The van der Waals surface area contributed by atoms with Gasteiger partial charge in [-0.05, 0) is 36.6 Å². The van der Waals surface area contributed by atoms with Crippen molar-refractivity contribution in [2.24, 2.45) is 9.98 Å². The summed E-state index contributed by atoms with van der Waals surface area (Å²) in [4.78, 5) is 8.71. The van der Waals surface area contributed by atoms with Gasteiger partial charge in [-0.25, -0.2) is 4.99 Å². The molecular formula is C20H22N2O. The van der Waals surface area contributed by atoms with Gasteiger partial charge in [0.15, 0.2) is 0 Å². The molecule has 1 aliphatic rings. The molecule has 0 saturated heterocycles. The third-order valence-electron chi connectivity index (χ3n) is 3.46. The van der Waals surface area contributed by atoms with Crippen LogP contribution in [0, 0.1) is 0 Å². The van der Waals surface area contributed by atoms with Gasteiger partial charge in [-0.15, -0.1) is 0 Å². The zero-order valence-electron chi connectivity index (χ0n) is 13.9. The molecule has 23 heavy (non-hydrogen) atoms. The molecule has 0 amide bonds. The van der Waals surface area contributed by atoms with E-state index in [1.54, 1.807) is 13.3 Å². The van der Waals surface area contributed by atoms with Gasteiger partial charge in [-0.2, -0.15) is 0 Å². The normalized spacial score (nSPS) is 18.7. The Bertz CT molecular complexity index is 717. The van der Waals surface area contributed by atoms with E-state index in [0.717, 1.165) is 33.9 Å². The molecule has 118 valence electrons. The minimum Gasteiger partial charge on any atom is -0.485 e. The molecule has 0 spiro atoms. The van der Waals surface area contributed by atoms with E-state index in [-0.39, 0.29) is 0 Å². The van der Waals surface area contributed by atoms with Gasteiger partial charge in [0.05, 0.1) is 5.71 Å². The molecule has 2 rings (SSSR count). The first-order valence-electron chi connectivity index (χ1n) is 7.61. The molecule has 3 nitrogen and oxygen atoms in total. The van der Waals surface area contributed by atoms with Crippen molar-refractivity contribution < 1.29 is 4.74 Å². The predicted octanol–water partition coefficient (Wildman–Crippen LogP) is 4.58. The summed E-state index contributed by atoms with van der Waals surface area (Å²) < 4.78 is 5.84. The van der Waals surface area contributed by atoms with Crippen LogP contribution in [-0.4, -0.2) is 25.6 Å². The topological polar surface area (TPSA) is 34.0 Å². The zero-order chi connectivity index (χ0) is 16.7. The van der Waals surface area contributed by atoms with Crippen LogP contribution >= 0.6 is 0 Å². The Morgan fingerprint density at radius 2 is 2.00 bits per heavy atom. The number of hydrogen-bond acceptors (Lipinski definition) is 3. The van der Waals surface area contributed by atoms with Crippen LogP contribution < -0.4 is 0 Å². The fourth-order valence-electron chi connectivity index (χ4n) is 2.23. The molecule has 3 heteroatoms. The van der Waals surface area contributed by atoms with Crippen molar-refractivity contribution in [3.8, 4) is 0 Å². The summed E-state index contributed by atoms with van der Waals surface area (Å²) in [7, 11) is 1.74. The molecule has 0 atom stereocenters. The van der Waals surface area contributed by atoms with E-state index >= 15 is 0 Å².